The molecule has 0 bridgehead atoms. The summed E-state index contributed by atoms with van der Waals surface area (Å²) in [6.07, 6.45) is -0.860. The van der Waals surface area contributed by atoms with Crippen LogP contribution in [0.15, 0.2) is 10.9 Å². The Morgan fingerprint density at radius 1 is 1.45 bits per heavy atom. The van der Waals surface area contributed by atoms with E-state index in [2.05, 4.69) is 10.3 Å². The van der Waals surface area contributed by atoms with Gasteiger partial charge >= 0.3 is 5.97 Å². The van der Waals surface area contributed by atoms with Crippen LogP contribution in [0.3, 0.4) is 0 Å². The van der Waals surface area contributed by atoms with Gasteiger partial charge in [0.1, 0.15) is 5.56 Å². The van der Waals surface area contributed by atoms with Gasteiger partial charge in [-0.15, -0.1) is 0 Å². The first-order valence-electron chi connectivity index (χ1n) is 6.08. The quantitative estimate of drug-likeness (QED) is 0.691. The van der Waals surface area contributed by atoms with Gasteiger partial charge < -0.3 is 20.1 Å². The molecular formula is C13H18N2O5. The minimum atomic E-state index is -1.02. The number of carbonyl (C=O) groups is 2. The molecular weight excluding hydrogens is 264 g/mol. The number of aliphatic carboxylic acids is 1. The maximum Gasteiger partial charge on any atom is 0.306 e. The Balaban J connectivity index is 2.77. The molecule has 1 rings (SSSR count). The Bertz CT molecular complexity index is 564. The lowest BCUT2D eigenvalue weighted by molar-refractivity contribution is -0.139. The molecule has 0 fully saturated rings. The van der Waals surface area contributed by atoms with E-state index in [4.69, 9.17) is 9.84 Å². The highest BCUT2D eigenvalue weighted by molar-refractivity contribution is 5.95. The molecule has 0 spiro atoms. The summed E-state index contributed by atoms with van der Waals surface area (Å²) >= 11 is 0. The predicted octanol–water partition coefficient (Wildman–Crippen LogP) is 0.211. The zero-order valence-electron chi connectivity index (χ0n) is 11.6. The number of ether oxygens (including phenoxy) is 1. The van der Waals surface area contributed by atoms with Crippen molar-refractivity contribution >= 4 is 11.9 Å². The first-order chi connectivity index (χ1) is 9.35. The average Bonchev–Trinajstić information content (AvgIpc) is 2.32. The number of hydrogen-bond donors (Lipinski definition) is 3. The summed E-state index contributed by atoms with van der Waals surface area (Å²) in [4.78, 5) is 36.9. The van der Waals surface area contributed by atoms with Crippen LogP contribution in [0.4, 0.5) is 0 Å². The van der Waals surface area contributed by atoms with Gasteiger partial charge in [-0.25, -0.2) is 0 Å². The number of nitrogens with one attached hydrogen (secondary N) is 2. The van der Waals surface area contributed by atoms with E-state index in [1.54, 1.807) is 19.9 Å². The second-order valence-corrected chi connectivity index (χ2v) is 4.51. The number of amides is 1. The molecule has 20 heavy (non-hydrogen) atoms. The van der Waals surface area contributed by atoms with E-state index in [1.165, 1.54) is 7.11 Å². The molecule has 0 aromatic carbocycles. The SMILES string of the molecule is COC(CNC(=O)c1c(C)cc(C)[nH]c1=O)CC(=O)O. The maximum absolute atomic E-state index is 12.0. The van der Waals surface area contributed by atoms with Gasteiger partial charge in [-0.3, -0.25) is 14.4 Å². The zero-order valence-corrected chi connectivity index (χ0v) is 11.6. The Hall–Kier alpha value is -2.15. The van der Waals surface area contributed by atoms with Gasteiger partial charge in [0.25, 0.3) is 11.5 Å². The van der Waals surface area contributed by atoms with Crippen LogP contribution in [0.2, 0.25) is 0 Å². The molecule has 0 saturated carbocycles. The summed E-state index contributed by atoms with van der Waals surface area (Å²) in [5.41, 5.74) is 0.800. The summed E-state index contributed by atoms with van der Waals surface area (Å²) in [5, 5.41) is 11.2. The summed E-state index contributed by atoms with van der Waals surface area (Å²) in [5.74, 6) is -1.56. The molecule has 0 aliphatic rings. The van der Waals surface area contributed by atoms with Crippen molar-refractivity contribution in [1.82, 2.24) is 10.3 Å². The lowest BCUT2D eigenvalue weighted by Crippen LogP contribution is -2.37. The van der Waals surface area contributed by atoms with Crippen LogP contribution < -0.4 is 10.9 Å². The normalized spacial score (nSPS) is 11.9. The van der Waals surface area contributed by atoms with Crippen LogP contribution in [0.25, 0.3) is 0 Å². The number of hydrogen-bond acceptors (Lipinski definition) is 4. The highest BCUT2D eigenvalue weighted by Crippen LogP contribution is 2.04. The van der Waals surface area contributed by atoms with Crippen LogP contribution in [-0.4, -0.2) is 41.7 Å². The molecule has 0 aliphatic carbocycles. The Morgan fingerprint density at radius 2 is 2.10 bits per heavy atom. The lowest BCUT2D eigenvalue weighted by Gasteiger charge is -2.14. The van der Waals surface area contributed by atoms with Crippen molar-refractivity contribution in [3.8, 4) is 0 Å². The molecule has 3 N–H and O–H groups in total. The number of methoxy groups -OCH3 is 1. The minimum absolute atomic E-state index is 0.0222. The highest BCUT2D eigenvalue weighted by Gasteiger charge is 2.17. The fourth-order valence-corrected chi connectivity index (χ4v) is 1.86. The second kappa shape index (κ2) is 6.85. The fourth-order valence-electron chi connectivity index (χ4n) is 1.86. The van der Waals surface area contributed by atoms with Crippen molar-refractivity contribution in [3.63, 3.8) is 0 Å². The van der Waals surface area contributed by atoms with Gasteiger partial charge in [0.2, 0.25) is 0 Å². The number of pyridine rings is 1. The van der Waals surface area contributed by atoms with Gasteiger partial charge in [0.05, 0.1) is 12.5 Å². The zero-order chi connectivity index (χ0) is 15.3. The number of carboxylic acids is 1. The van der Waals surface area contributed by atoms with E-state index in [1.807, 2.05) is 0 Å². The number of aromatic nitrogens is 1. The number of aryl methyl sites for hydroxylation is 2. The van der Waals surface area contributed by atoms with E-state index in [-0.39, 0.29) is 18.5 Å². The third kappa shape index (κ3) is 4.20. The molecule has 1 atom stereocenters. The number of carbonyl (C=O) groups excluding carboxylic acids is 1. The van der Waals surface area contributed by atoms with E-state index in [0.29, 0.717) is 11.3 Å². The number of H-pyrrole nitrogens is 1. The van der Waals surface area contributed by atoms with E-state index in [9.17, 15) is 14.4 Å². The highest BCUT2D eigenvalue weighted by atomic mass is 16.5. The first-order valence-corrected chi connectivity index (χ1v) is 6.08. The Morgan fingerprint density at radius 3 is 2.60 bits per heavy atom. The molecule has 1 amide bonds. The van der Waals surface area contributed by atoms with Gasteiger partial charge in [-0.1, -0.05) is 0 Å². The van der Waals surface area contributed by atoms with Gasteiger partial charge in [-0.05, 0) is 25.5 Å². The fraction of sp³-hybridized carbons (Fsp3) is 0.462. The minimum Gasteiger partial charge on any atom is -0.481 e. The average molecular weight is 282 g/mol. The number of carboxylic acid groups (broad SMARTS) is 1. The summed E-state index contributed by atoms with van der Waals surface area (Å²) in [6, 6.07) is 1.70. The molecule has 7 heteroatoms. The molecule has 7 nitrogen and oxygen atoms in total. The molecule has 1 heterocycles. The molecule has 1 aromatic heterocycles. The Kier molecular flexibility index (Phi) is 5.45. The van der Waals surface area contributed by atoms with Crippen LogP contribution in [-0.2, 0) is 9.53 Å². The van der Waals surface area contributed by atoms with Crippen molar-refractivity contribution in [3.05, 3.63) is 33.2 Å². The molecule has 0 aliphatic heterocycles. The van der Waals surface area contributed by atoms with Crippen LogP contribution in [0.5, 0.6) is 0 Å². The second-order valence-electron chi connectivity index (χ2n) is 4.51. The molecule has 0 saturated heterocycles. The molecule has 1 unspecified atom stereocenters. The van der Waals surface area contributed by atoms with Crippen LogP contribution in [0.1, 0.15) is 28.0 Å². The molecule has 0 radical (unpaired) electrons. The Labute approximate surface area is 116 Å². The topological polar surface area (TPSA) is 108 Å². The maximum atomic E-state index is 12.0. The lowest BCUT2D eigenvalue weighted by atomic mass is 10.1. The summed E-state index contributed by atoms with van der Waals surface area (Å²) in [6.45, 7) is 3.42. The van der Waals surface area contributed by atoms with E-state index < -0.39 is 23.5 Å². The van der Waals surface area contributed by atoms with Gasteiger partial charge in [0.15, 0.2) is 0 Å². The van der Waals surface area contributed by atoms with Gasteiger partial charge in [0, 0.05) is 19.3 Å². The van der Waals surface area contributed by atoms with Crippen LogP contribution >= 0.6 is 0 Å². The first kappa shape index (κ1) is 15.9. The van der Waals surface area contributed by atoms with Gasteiger partial charge in [-0.2, -0.15) is 0 Å². The van der Waals surface area contributed by atoms with E-state index in [0.717, 1.165) is 0 Å². The van der Waals surface area contributed by atoms with E-state index >= 15 is 0 Å². The van der Waals surface area contributed by atoms with Crippen molar-refractivity contribution in [2.24, 2.45) is 0 Å². The molecule has 1 aromatic rings. The van der Waals surface area contributed by atoms with Crippen molar-refractivity contribution in [1.29, 1.82) is 0 Å². The third-order valence-corrected chi connectivity index (χ3v) is 2.82. The van der Waals surface area contributed by atoms with Crippen molar-refractivity contribution in [2.75, 3.05) is 13.7 Å². The summed E-state index contributed by atoms with van der Waals surface area (Å²) < 4.78 is 4.95. The molecule has 110 valence electrons. The van der Waals surface area contributed by atoms with Crippen LogP contribution in [0, 0.1) is 13.8 Å². The van der Waals surface area contributed by atoms with Crippen molar-refractivity contribution < 1.29 is 19.4 Å². The number of aromatic amines is 1. The standard InChI is InChI=1S/C13H18N2O5/c1-7-4-8(2)15-13(19)11(7)12(18)14-6-9(20-3)5-10(16)17/h4,9H,5-6H2,1-3H3,(H,14,18)(H,15,19)(H,16,17). The number of rotatable bonds is 6. The third-order valence-electron chi connectivity index (χ3n) is 2.82. The predicted molar refractivity (Wildman–Crippen MR) is 71.9 cm³/mol. The van der Waals surface area contributed by atoms with Crippen molar-refractivity contribution in [2.45, 2.75) is 26.4 Å². The monoisotopic (exact) mass is 282 g/mol. The largest absolute Gasteiger partial charge is 0.481 e. The summed E-state index contributed by atoms with van der Waals surface area (Å²) in [7, 11) is 1.36. The smallest absolute Gasteiger partial charge is 0.306 e.